The molecular weight excluding hydrogens is 178 g/mol. The van der Waals surface area contributed by atoms with Crippen LogP contribution in [0.25, 0.3) is 0 Å². The number of ether oxygens (including phenoxy) is 1. The van der Waals surface area contributed by atoms with Crippen LogP contribution in [0.4, 0.5) is 0 Å². The molecule has 2 rings (SSSR count). The molecule has 3 N–H and O–H groups in total. The first kappa shape index (κ1) is 8.77. The molecule has 0 atom stereocenters. The lowest BCUT2D eigenvalue weighted by molar-refractivity contribution is 0.482. The van der Waals surface area contributed by atoms with E-state index < -0.39 is 0 Å². The fraction of sp³-hybridized carbons (Fsp3) is 0.100. The van der Waals surface area contributed by atoms with E-state index in [1.54, 1.807) is 12.4 Å². The van der Waals surface area contributed by atoms with Crippen LogP contribution in [0.3, 0.4) is 0 Å². The van der Waals surface area contributed by atoms with Crippen LogP contribution in [0, 0.1) is 0 Å². The number of hydrogen-bond acceptors (Lipinski definition) is 3. The molecule has 0 fully saturated rings. The number of nitrogens with one attached hydrogen (secondary N) is 1. The van der Waals surface area contributed by atoms with Crippen LogP contribution in [-0.4, -0.2) is 10.2 Å². The van der Waals surface area contributed by atoms with Gasteiger partial charge >= 0.3 is 0 Å². The summed E-state index contributed by atoms with van der Waals surface area (Å²) in [4.78, 5) is 0. The molecule has 0 saturated heterocycles. The first-order chi connectivity index (χ1) is 6.88. The predicted octanol–water partition coefficient (Wildman–Crippen LogP) is 1.66. The first-order valence-corrected chi connectivity index (χ1v) is 4.34. The summed E-state index contributed by atoms with van der Waals surface area (Å²) in [6.45, 7) is 0.516. The Kier molecular flexibility index (Phi) is 2.46. The predicted molar refractivity (Wildman–Crippen MR) is 53.0 cm³/mol. The van der Waals surface area contributed by atoms with Crippen LogP contribution in [0.1, 0.15) is 5.56 Å². The zero-order valence-corrected chi connectivity index (χ0v) is 7.60. The molecule has 0 saturated carbocycles. The quantitative estimate of drug-likeness (QED) is 0.771. The van der Waals surface area contributed by atoms with Crippen molar-refractivity contribution < 1.29 is 4.74 Å². The molecule has 0 bridgehead atoms. The van der Waals surface area contributed by atoms with Gasteiger partial charge in [-0.05, 0) is 17.7 Å². The number of H-pyrrole nitrogens is 1. The van der Waals surface area contributed by atoms with Crippen LogP contribution in [0.2, 0.25) is 0 Å². The molecule has 2 aromatic rings. The molecule has 0 spiro atoms. The van der Waals surface area contributed by atoms with E-state index in [0.717, 1.165) is 11.3 Å². The minimum absolute atomic E-state index is 0.516. The maximum absolute atomic E-state index is 5.52. The van der Waals surface area contributed by atoms with E-state index in [-0.39, 0.29) is 0 Å². The van der Waals surface area contributed by atoms with Crippen molar-refractivity contribution in [1.82, 2.24) is 10.2 Å². The van der Waals surface area contributed by atoms with Crippen LogP contribution < -0.4 is 10.5 Å². The van der Waals surface area contributed by atoms with E-state index in [1.807, 2.05) is 24.3 Å². The molecule has 0 radical (unpaired) electrons. The van der Waals surface area contributed by atoms with Crippen molar-refractivity contribution in [3.63, 3.8) is 0 Å². The summed E-state index contributed by atoms with van der Waals surface area (Å²) in [6, 6.07) is 7.67. The summed E-state index contributed by atoms with van der Waals surface area (Å²) in [5, 5.41) is 6.47. The Labute approximate surface area is 81.7 Å². The van der Waals surface area contributed by atoms with Gasteiger partial charge in [-0.3, -0.25) is 5.10 Å². The smallest absolute Gasteiger partial charge is 0.165 e. The Balaban J connectivity index is 2.17. The normalized spacial score (nSPS) is 10.1. The molecule has 14 heavy (non-hydrogen) atoms. The molecule has 4 nitrogen and oxygen atoms in total. The SMILES string of the molecule is NCc1cccc(Oc2cn[nH]c2)c1. The van der Waals surface area contributed by atoms with Crippen molar-refractivity contribution in [1.29, 1.82) is 0 Å². The third kappa shape index (κ3) is 1.92. The molecule has 0 aliphatic rings. The van der Waals surface area contributed by atoms with Gasteiger partial charge in [0.15, 0.2) is 5.75 Å². The van der Waals surface area contributed by atoms with Gasteiger partial charge in [0.05, 0.1) is 12.4 Å². The van der Waals surface area contributed by atoms with Crippen LogP contribution in [0.5, 0.6) is 11.5 Å². The summed E-state index contributed by atoms with van der Waals surface area (Å²) in [7, 11) is 0. The summed E-state index contributed by atoms with van der Waals surface area (Å²) in [5.41, 5.74) is 6.57. The fourth-order valence-electron chi connectivity index (χ4n) is 1.17. The third-order valence-electron chi connectivity index (χ3n) is 1.84. The fourth-order valence-corrected chi connectivity index (χ4v) is 1.17. The molecule has 1 aromatic carbocycles. The van der Waals surface area contributed by atoms with Crippen molar-refractivity contribution in [3.05, 3.63) is 42.2 Å². The molecule has 0 amide bonds. The maximum atomic E-state index is 5.52. The van der Waals surface area contributed by atoms with Crippen molar-refractivity contribution >= 4 is 0 Å². The highest BCUT2D eigenvalue weighted by molar-refractivity contribution is 5.31. The number of benzene rings is 1. The van der Waals surface area contributed by atoms with Gasteiger partial charge < -0.3 is 10.5 Å². The zero-order chi connectivity index (χ0) is 9.80. The Morgan fingerprint density at radius 2 is 2.29 bits per heavy atom. The van der Waals surface area contributed by atoms with Crippen LogP contribution in [0.15, 0.2) is 36.7 Å². The Morgan fingerprint density at radius 1 is 1.36 bits per heavy atom. The second-order valence-electron chi connectivity index (χ2n) is 2.89. The molecule has 0 aliphatic heterocycles. The van der Waals surface area contributed by atoms with Gasteiger partial charge in [-0.2, -0.15) is 5.10 Å². The van der Waals surface area contributed by atoms with Crippen LogP contribution in [-0.2, 0) is 6.54 Å². The minimum Gasteiger partial charge on any atom is -0.454 e. The van der Waals surface area contributed by atoms with E-state index in [2.05, 4.69) is 10.2 Å². The minimum atomic E-state index is 0.516. The number of nitrogens with two attached hydrogens (primary N) is 1. The molecule has 4 heteroatoms. The molecule has 0 aliphatic carbocycles. The molecule has 1 heterocycles. The average Bonchev–Trinajstić information content (AvgIpc) is 2.71. The number of rotatable bonds is 3. The highest BCUT2D eigenvalue weighted by atomic mass is 16.5. The van der Waals surface area contributed by atoms with Gasteiger partial charge in [-0.15, -0.1) is 0 Å². The van der Waals surface area contributed by atoms with Crippen LogP contribution >= 0.6 is 0 Å². The van der Waals surface area contributed by atoms with Gasteiger partial charge in [-0.25, -0.2) is 0 Å². The lowest BCUT2D eigenvalue weighted by Gasteiger charge is -2.03. The van der Waals surface area contributed by atoms with E-state index in [1.165, 1.54) is 0 Å². The molecule has 0 unspecified atom stereocenters. The number of aromatic nitrogens is 2. The van der Waals surface area contributed by atoms with Crippen molar-refractivity contribution in [3.8, 4) is 11.5 Å². The zero-order valence-electron chi connectivity index (χ0n) is 7.60. The number of hydrogen-bond donors (Lipinski definition) is 2. The van der Waals surface area contributed by atoms with Crippen molar-refractivity contribution in [2.45, 2.75) is 6.54 Å². The Bertz CT molecular complexity index is 398. The van der Waals surface area contributed by atoms with Gasteiger partial charge in [-0.1, -0.05) is 12.1 Å². The molecular formula is C10H11N3O. The van der Waals surface area contributed by atoms with E-state index in [4.69, 9.17) is 10.5 Å². The van der Waals surface area contributed by atoms with Crippen molar-refractivity contribution in [2.24, 2.45) is 5.73 Å². The summed E-state index contributed by atoms with van der Waals surface area (Å²) < 4.78 is 5.51. The second kappa shape index (κ2) is 3.93. The van der Waals surface area contributed by atoms with E-state index in [9.17, 15) is 0 Å². The highest BCUT2D eigenvalue weighted by Crippen LogP contribution is 2.20. The maximum Gasteiger partial charge on any atom is 0.165 e. The molecule has 72 valence electrons. The van der Waals surface area contributed by atoms with Gasteiger partial charge in [0.25, 0.3) is 0 Å². The lowest BCUT2D eigenvalue weighted by Crippen LogP contribution is -1.95. The molecule has 1 aromatic heterocycles. The summed E-state index contributed by atoms with van der Waals surface area (Å²) in [6.07, 6.45) is 3.31. The standard InChI is InChI=1S/C10H11N3O/c11-5-8-2-1-3-9(4-8)14-10-6-12-13-7-10/h1-4,6-7H,5,11H2,(H,12,13). The third-order valence-corrected chi connectivity index (χ3v) is 1.84. The largest absolute Gasteiger partial charge is 0.454 e. The van der Waals surface area contributed by atoms with Gasteiger partial charge in [0, 0.05) is 6.54 Å². The van der Waals surface area contributed by atoms with E-state index >= 15 is 0 Å². The summed E-state index contributed by atoms with van der Waals surface area (Å²) >= 11 is 0. The van der Waals surface area contributed by atoms with Gasteiger partial charge in [0.2, 0.25) is 0 Å². The highest BCUT2D eigenvalue weighted by Gasteiger charge is 1.98. The average molecular weight is 189 g/mol. The number of nitrogens with zero attached hydrogens (tertiary/aromatic N) is 1. The topological polar surface area (TPSA) is 63.9 Å². The Hall–Kier alpha value is -1.81. The monoisotopic (exact) mass is 189 g/mol. The number of aromatic amines is 1. The second-order valence-corrected chi connectivity index (χ2v) is 2.89. The van der Waals surface area contributed by atoms with Crippen molar-refractivity contribution in [2.75, 3.05) is 0 Å². The van der Waals surface area contributed by atoms with Gasteiger partial charge in [0.1, 0.15) is 5.75 Å². The van der Waals surface area contributed by atoms with E-state index in [0.29, 0.717) is 12.3 Å². The Morgan fingerprint density at radius 3 is 3.00 bits per heavy atom. The lowest BCUT2D eigenvalue weighted by atomic mass is 10.2. The first-order valence-electron chi connectivity index (χ1n) is 4.34. The summed E-state index contributed by atoms with van der Waals surface area (Å²) in [5.74, 6) is 1.47.